The number of carbonyl (C=O) groups excluding carboxylic acids is 2. The summed E-state index contributed by atoms with van der Waals surface area (Å²) < 4.78 is 7.34. The van der Waals surface area contributed by atoms with Gasteiger partial charge in [-0.2, -0.15) is 10.1 Å². The van der Waals surface area contributed by atoms with Crippen LogP contribution in [-0.4, -0.2) is 67.7 Å². The van der Waals surface area contributed by atoms with Crippen LogP contribution in [0.2, 0.25) is 0 Å². The van der Waals surface area contributed by atoms with Gasteiger partial charge < -0.3 is 14.3 Å². The van der Waals surface area contributed by atoms with Crippen molar-refractivity contribution in [1.82, 2.24) is 29.7 Å². The van der Waals surface area contributed by atoms with Crippen LogP contribution in [0.25, 0.3) is 0 Å². The van der Waals surface area contributed by atoms with Crippen molar-refractivity contribution in [2.45, 2.75) is 25.3 Å². The van der Waals surface area contributed by atoms with Gasteiger partial charge in [0.25, 0.3) is 5.91 Å². The first kappa shape index (κ1) is 19.5. The molecule has 1 aromatic carbocycles. The molecule has 2 saturated heterocycles. The van der Waals surface area contributed by atoms with E-state index >= 15 is 0 Å². The highest BCUT2D eigenvalue weighted by molar-refractivity contribution is 5.94. The third-order valence-corrected chi connectivity index (χ3v) is 6.34. The fourth-order valence-corrected chi connectivity index (χ4v) is 4.78. The molecule has 160 valence electrons. The number of aryl methyl sites for hydroxylation is 2. The van der Waals surface area contributed by atoms with Gasteiger partial charge in [0.05, 0.1) is 5.41 Å². The molecule has 0 spiro atoms. The second-order valence-electron chi connectivity index (χ2n) is 8.34. The fourth-order valence-electron chi connectivity index (χ4n) is 4.78. The van der Waals surface area contributed by atoms with Gasteiger partial charge in [-0.25, -0.2) is 0 Å². The number of fused-ring (bicyclic) bond motifs is 1. The Balaban J connectivity index is 1.36. The molecule has 2 aromatic heterocycles. The first-order valence-corrected chi connectivity index (χ1v) is 10.5. The molecule has 0 radical (unpaired) electrons. The Morgan fingerprint density at radius 1 is 1.13 bits per heavy atom. The zero-order valence-electron chi connectivity index (χ0n) is 17.3. The van der Waals surface area contributed by atoms with E-state index < -0.39 is 5.41 Å². The molecule has 2 fully saturated rings. The lowest BCUT2D eigenvalue weighted by atomic mass is 9.81. The van der Waals surface area contributed by atoms with Crippen LogP contribution in [0.3, 0.4) is 0 Å². The quantitative estimate of drug-likeness (QED) is 0.621. The van der Waals surface area contributed by atoms with Crippen molar-refractivity contribution in [3.05, 3.63) is 66.1 Å². The van der Waals surface area contributed by atoms with Crippen molar-refractivity contribution >= 4 is 11.8 Å². The van der Waals surface area contributed by atoms with Crippen LogP contribution in [-0.2, 0) is 16.8 Å². The van der Waals surface area contributed by atoms with E-state index in [1.54, 1.807) is 17.8 Å². The molecule has 2 atom stereocenters. The Bertz CT molecular complexity index is 1080. The monoisotopic (exact) mass is 420 g/mol. The number of amides is 2. The van der Waals surface area contributed by atoms with Crippen LogP contribution < -0.4 is 0 Å². The Morgan fingerprint density at radius 2 is 1.90 bits per heavy atom. The fraction of sp³-hybridized carbons (Fsp3) is 0.409. The smallest absolute Gasteiger partial charge is 0.253 e. The molecule has 0 unspecified atom stereocenters. The summed E-state index contributed by atoms with van der Waals surface area (Å²) >= 11 is 0. The topological polar surface area (TPSA) is 97.4 Å². The maximum absolute atomic E-state index is 13.1. The number of likely N-dealkylation sites (tertiary alicyclic amines) is 2. The van der Waals surface area contributed by atoms with Gasteiger partial charge in [-0.1, -0.05) is 23.4 Å². The Morgan fingerprint density at radius 3 is 2.61 bits per heavy atom. The highest BCUT2D eigenvalue weighted by Gasteiger charge is 2.58. The Hall–Kier alpha value is -3.49. The standard InChI is InChI=1S/C22H24N6O3/c1-16-24-21(31-25-16)22-14-26(19(29)8-11-28-10-5-9-23-28)12-18(22)13-27(15-22)20(30)17-6-3-2-4-7-17/h2-7,9-10,18H,8,11-15H2,1H3/t18-,22-/m0/s1. The van der Waals surface area contributed by atoms with E-state index in [0.29, 0.717) is 56.4 Å². The third-order valence-electron chi connectivity index (χ3n) is 6.34. The second-order valence-corrected chi connectivity index (χ2v) is 8.34. The van der Waals surface area contributed by atoms with Gasteiger partial charge in [0.15, 0.2) is 5.82 Å². The minimum atomic E-state index is -0.535. The van der Waals surface area contributed by atoms with E-state index in [1.807, 2.05) is 52.4 Å². The Kier molecular flexibility index (Phi) is 4.80. The van der Waals surface area contributed by atoms with Crippen LogP contribution in [0.1, 0.15) is 28.5 Å². The van der Waals surface area contributed by atoms with Crippen LogP contribution in [0.5, 0.6) is 0 Å². The average molecular weight is 420 g/mol. The minimum absolute atomic E-state index is 0.0119. The number of hydrogen-bond donors (Lipinski definition) is 0. The predicted octanol–water partition coefficient (Wildman–Crippen LogP) is 1.52. The molecule has 9 nitrogen and oxygen atoms in total. The first-order chi connectivity index (χ1) is 15.0. The average Bonchev–Trinajstić information content (AvgIpc) is 3.55. The maximum Gasteiger partial charge on any atom is 0.253 e. The zero-order chi connectivity index (χ0) is 21.4. The van der Waals surface area contributed by atoms with E-state index in [4.69, 9.17) is 4.52 Å². The highest BCUT2D eigenvalue weighted by atomic mass is 16.5. The second kappa shape index (κ2) is 7.64. The maximum atomic E-state index is 13.1. The highest BCUT2D eigenvalue weighted by Crippen LogP contribution is 2.44. The molecule has 9 heteroatoms. The molecule has 3 aromatic rings. The summed E-state index contributed by atoms with van der Waals surface area (Å²) in [4.78, 5) is 34.2. The number of nitrogens with zero attached hydrogens (tertiary/aromatic N) is 6. The third kappa shape index (κ3) is 3.49. The number of aromatic nitrogens is 4. The number of rotatable bonds is 5. The van der Waals surface area contributed by atoms with Crippen molar-refractivity contribution in [1.29, 1.82) is 0 Å². The van der Waals surface area contributed by atoms with E-state index in [1.165, 1.54) is 0 Å². The van der Waals surface area contributed by atoms with E-state index in [2.05, 4.69) is 15.2 Å². The van der Waals surface area contributed by atoms with Crippen molar-refractivity contribution in [2.24, 2.45) is 5.92 Å². The molecule has 0 bridgehead atoms. The van der Waals surface area contributed by atoms with Gasteiger partial charge in [-0.3, -0.25) is 14.3 Å². The van der Waals surface area contributed by atoms with Crippen LogP contribution in [0.4, 0.5) is 0 Å². The number of carbonyl (C=O) groups is 2. The predicted molar refractivity (Wildman–Crippen MR) is 110 cm³/mol. The molecule has 5 rings (SSSR count). The largest absolute Gasteiger partial charge is 0.341 e. The van der Waals surface area contributed by atoms with E-state index in [9.17, 15) is 9.59 Å². The van der Waals surface area contributed by atoms with Crippen molar-refractivity contribution in [2.75, 3.05) is 26.2 Å². The van der Waals surface area contributed by atoms with Crippen molar-refractivity contribution in [3.8, 4) is 0 Å². The molecule has 0 aliphatic carbocycles. The lowest BCUT2D eigenvalue weighted by Gasteiger charge is -2.26. The SMILES string of the molecule is Cc1noc([C@]23CN(C(=O)CCn4cccn4)C[C@H]2CN(C(=O)c2ccccc2)C3)n1. The van der Waals surface area contributed by atoms with Crippen LogP contribution in [0.15, 0.2) is 53.3 Å². The molecular formula is C22H24N6O3. The van der Waals surface area contributed by atoms with Crippen LogP contribution >= 0.6 is 0 Å². The summed E-state index contributed by atoms with van der Waals surface area (Å²) in [7, 11) is 0. The van der Waals surface area contributed by atoms with Crippen molar-refractivity contribution in [3.63, 3.8) is 0 Å². The van der Waals surface area contributed by atoms with Gasteiger partial charge in [0.2, 0.25) is 11.8 Å². The van der Waals surface area contributed by atoms with E-state index in [0.717, 1.165) is 0 Å². The molecule has 4 heterocycles. The van der Waals surface area contributed by atoms with Crippen molar-refractivity contribution < 1.29 is 14.1 Å². The first-order valence-electron chi connectivity index (χ1n) is 10.5. The number of hydrogen-bond acceptors (Lipinski definition) is 6. The van der Waals surface area contributed by atoms with Gasteiger partial charge >= 0.3 is 0 Å². The Labute approximate surface area is 179 Å². The lowest BCUT2D eigenvalue weighted by Crippen LogP contribution is -2.41. The molecule has 0 saturated carbocycles. The molecule has 31 heavy (non-hydrogen) atoms. The summed E-state index contributed by atoms with van der Waals surface area (Å²) in [6.07, 6.45) is 3.93. The normalized spacial score (nSPS) is 22.7. The molecule has 2 amide bonds. The summed E-state index contributed by atoms with van der Waals surface area (Å²) in [6, 6.07) is 11.1. The van der Waals surface area contributed by atoms with Crippen LogP contribution in [0, 0.1) is 12.8 Å². The molecule has 2 aliphatic rings. The lowest BCUT2D eigenvalue weighted by molar-refractivity contribution is -0.130. The van der Waals surface area contributed by atoms with Gasteiger partial charge in [0, 0.05) is 63.0 Å². The minimum Gasteiger partial charge on any atom is -0.341 e. The summed E-state index contributed by atoms with van der Waals surface area (Å²) in [5.41, 5.74) is 0.124. The zero-order valence-corrected chi connectivity index (χ0v) is 17.3. The summed E-state index contributed by atoms with van der Waals surface area (Å²) in [5.74, 6) is 1.18. The molecular weight excluding hydrogens is 396 g/mol. The van der Waals surface area contributed by atoms with Gasteiger partial charge in [-0.05, 0) is 25.1 Å². The summed E-state index contributed by atoms with van der Waals surface area (Å²) in [5, 5.41) is 8.14. The number of benzene rings is 1. The molecule has 0 N–H and O–H groups in total. The van der Waals surface area contributed by atoms with E-state index in [-0.39, 0.29) is 17.7 Å². The summed E-state index contributed by atoms with van der Waals surface area (Å²) in [6.45, 7) is 4.36. The van der Waals surface area contributed by atoms with Gasteiger partial charge in [-0.15, -0.1) is 0 Å². The molecule has 2 aliphatic heterocycles. The van der Waals surface area contributed by atoms with Gasteiger partial charge in [0.1, 0.15) is 0 Å².